The van der Waals surface area contributed by atoms with Gasteiger partial charge in [-0.3, -0.25) is 0 Å². The molecule has 0 aromatic heterocycles. The maximum Gasteiger partial charge on any atom is -0.0242 e. The fraction of sp³-hybridized carbons (Fsp3) is 0.742. The summed E-state index contributed by atoms with van der Waals surface area (Å²) < 4.78 is 0. The van der Waals surface area contributed by atoms with E-state index in [1.165, 1.54) is 88.2 Å². The number of allylic oxidation sites excluding steroid dienone is 1. The summed E-state index contributed by atoms with van der Waals surface area (Å²) >= 11 is 0. The van der Waals surface area contributed by atoms with Crippen LogP contribution in [0, 0.1) is 23.7 Å². The molecule has 0 heteroatoms. The van der Waals surface area contributed by atoms with Gasteiger partial charge in [0.1, 0.15) is 0 Å². The molecule has 2 aliphatic rings. The Morgan fingerprint density at radius 3 is 1.74 bits per heavy atom. The summed E-state index contributed by atoms with van der Waals surface area (Å²) in [6, 6.07) is 9.48. The van der Waals surface area contributed by atoms with Gasteiger partial charge in [0.2, 0.25) is 0 Å². The van der Waals surface area contributed by atoms with Crippen LogP contribution >= 0.6 is 0 Å². The minimum absolute atomic E-state index is 0.981. The van der Waals surface area contributed by atoms with Crippen molar-refractivity contribution in [2.45, 2.75) is 123 Å². The van der Waals surface area contributed by atoms with Crippen LogP contribution in [0.4, 0.5) is 0 Å². The van der Waals surface area contributed by atoms with E-state index < -0.39 is 0 Å². The highest BCUT2D eigenvalue weighted by molar-refractivity contribution is 5.23. The Bertz CT molecular complexity index is 608. The monoisotopic (exact) mass is 422 g/mol. The average Bonchev–Trinajstić information content (AvgIpc) is 2.83. The lowest BCUT2D eigenvalue weighted by molar-refractivity contribution is 0.140. The van der Waals surface area contributed by atoms with Gasteiger partial charge in [-0.2, -0.15) is 0 Å². The van der Waals surface area contributed by atoms with Gasteiger partial charge in [-0.1, -0.05) is 102 Å². The minimum Gasteiger partial charge on any atom is -0.0999 e. The van der Waals surface area contributed by atoms with E-state index in [-0.39, 0.29) is 0 Å². The average molecular weight is 423 g/mol. The molecule has 0 saturated heterocycles. The molecule has 0 N–H and O–H groups in total. The zero-order valence-corrected chi connectivity index (χ0v) is 20.8. The molecule has 0 unspecified atom stereocenters. The molecular formula is C31H50. The van der Waals surface area contributed by atoms with E-state index in [0.717, 1.165) is 42.9 Å². The molecule has 0 aliphatic heterocycles. The van der Waals surface area contributed by atoms with E-state index in [2.05, 4.69) is 44.7 Å². The van der Waals surface area contributed by atoms with Crippen molar-refractivity contribution >= 4 is 0 Å². The summed E-state index contributed by atoms with van der Waals surface area (Å²) in [5.74, 6) is 4.18. The van der Waals surface area contributed by atoms with Crippen molar-refractivity contribution in [1.82, 2.24) is 0 Å². The molecule has 1 aromatic rings. The minimum atomic E-state index is 0.981. The topological polar surface area (TPSA) is 0 Å². The largest absolute Gasteiger partial charge is 0.0999 e. The Morgan fingerprint density at radius 2 is 1.23 bits per heavy atom. The molecule has 1 aromatic carbocycles. The summed E-state index contributed by atoms with van der Waals surface area (Å²) in [7, 11) is 0. The number of benzene rings is 1. The number of hydrogen-bond acceptors (Lipinski definition) is 0. The fourth-order valence-corrected chi connectivity index (χ4v) is 6.32. The summed E-state index contributed by atoms with van der Waals surface area (Å²) in [5, 5.41) is 0. The number of hydrogen-bond donors (Lipinski definition) is 0. The quantitative estimate of drug-likeness (QED) is 0.232. The lowest BCUT2D eigenvalue weighted by Crippen LogP contribution is -2.26. The first-order chi connectivity index (χ1) is 15.2. The lowest BCUT2D eigenvalue weighted by Gasteiger charge is -2.38. The Balaban J connectivity index is 1.30. The molecule has 0 nitrogen and oxygen atoms in total. The van der Waals surface area contributed by atoms with Crippen LogP contribution in [-0.4, -0.2) is 0 Å². The van der Waals surface area contributed by atoms with Crippen LogP contribution in [0.3, 0.4) is 0 Å². The summed E-state index contributed by atoms with van der Waals surface area (Å²) in [5.41, 5.74) is 4.39. The van der Waals surface area contributed by atoms with Gasteiger partial charge >= 0.3 is 0 Å². The predicted octanol–water partition coefficient (Wildman–Crippen LogP) is 9.71. The van der Waals surface area contributed by atoms with E-state index in [0.29, 0.717) is 0 Å². The highest BCUT2D eigenvalue weighted by atomic mass is 14.4. The van der Waals surface area contributed by atoms with E-state index >= 15 is 0 Å². The second-order valence-electron chi connectivity index (χ2n) is 11.0. The van der Waals surface area contributed by atoms with Crippen molar-refractivity contribution in [3.8, 4) is 0 Å². The first-order valence-electron chi connectivity index (χ1n) is 13.9. The van der Waals surface area contributed by atoms with Crippen LogP contribution in [-0.2, 0) is 12.8 Å². The first-order valence-corrected chi connectivity index (χ1v) is 13.9. The van der Waals surface area contributed by atoms with Crippen molar-refractivity contribution in [2.75, 3.05) is 0 Å². The maximum absolute atomic E-state index is 4.14. The van der Waals surface area contributed by atoms with Crippen LogP contribution in [0.1, 0.15) is 121 Å². The molecule has 0 amide bonds. The molecule has 174 valence electrons. The number of aryl methyl sites for hydroxylation is 2. The third-order valence-corrected chi connectivity index (χ3v) is 8.80. The van der Waals surface area contributed by atoms with Gasteiger partial charge < -0.3 is 0 Å². The van der Waals surface area contributed by atoms with E-state index in [4.69, 9.17) is 0 Å². The van der Waals surface area contributed by atoms with Gasteiger partial charge in [-0.25, -0.2) is 0 Å². The maximum atomic E-state index is 4.14. The van der Waals surface area contributed by atoms with Crippen molar-refractivity contribution in [3.63, 3.8) is 0 Å². The van der Waals surface area contributed by atoms with Crippen molar-refractivity contribution in [2.24, 2.45) is 23.7 Å². The van der Waals surface area contributed by atoms with E-state index in [9.17, 15) is 0 Å². The summed E-state index contributed by atoms with van der Waals surface area (Å²) in [6.45, 7) is 8.68. The van der Waals surface area contributed by atoms with Crippen LogP contribution < -0.4 is 0 Å². The standard InChI is InChI=1S/C31H50/c1-4-6-7-8-26-17-21-30(22-18-26)31-23-19-29(20-24-31)16-15-28-13-11-27(12-14-28)10-9-25(3)5-2/h11-14,26,29-31H,3-10,15-24H2,1-2H3. The Hall–Kier alpha value is -1.04. The highest BCUT2D eigenvalue weighted by Crippen LogP contribution is 2.43. The number of unbranched alkanes of at least 4 members (excludes halogenated alkanes) is 2. The van der Waals surface area contributed by atoms with Crippen molar-refractivity contribution in [1.29, 1.82) is 0 Å². The number of rotatable bonds is 12. The predicted molar refractivity (Wildman–Crippen MR) is 138 cm³/mol. The van der Waals surface area contributed by atoms with Crippen molar-refractivity contribution in [3.05, 3.63) is 47.5 Å². The first kappa shape index (κ1) is 24.6. The lowest BCUT2D eigenvalue weighted by atomic mass is 9.68. The van der Waals surface area contributed by atoms with E-state index in [1.54, 1.807) is 18.4 Å². The highest BCUT2D eigenvalue weighted by Gasteiger charge is 2.30. The molecule has 0 bridgehead atoms. The second-order valence-corrected chi connectivity index (χ2v) is 11.0. The van der Waals surface area contributed by atoms with Crippen LogP contribution in [0.15, 0.2) is 36.4 Å². The van der Waals surface area contributed by atoms with Gasteiger partial charge in [0, 0.05) is 0 Å². The van der Waals surface area contributed by atoms with Gasteiger partial charge in [0.05, 0.1) is 0 Å². The van der Waals surface area contributed by atoms with Gasteiger partial charge in [0.15, 0.2) is 0 Å². The molecule has 0 heterocycles. The fourth-order valence-electron chi connectivity index (χ4n) is 6.32. The molecule has 0 atom stereocenters. The molecule has 0 radical (unpaired) electrons. The summed E-state index contributed by atoms with van der Waals surface area (Å²) in [6.07, 6.45) is 24.1. The van der Waals surface area contributed by atoms with Crippen LogP contribution in [0.2, 0.25) is 0 Å². The molecule has 2 aliphatic carbocycles. The molecule has 2 saturated carbocycles. The second kappa shape index (κ2) is 13.5. The molecule has 31 heavy (non-hydrogen) atoms. The Morgan fingerprint density at radius 1 is 0.710 bits per heavy atom. The van der Waals surface area contributed by atoms with Crippen molar-refractivity contribution < 1.29 is 0 Å². The Kier molecular flexibility index (Phi) is 10.7. The molecule has 0 spiro atoms. The SMILES string of the molecule is C=C(CC)CCc1ccc(CCC2CCC(C3CCC(CCCCC)CC3)CC2)cc1. The van der Waals surface area contributed by atoms with Gasteiger partial charge in [-0.05, 0) is 92.6 Å². The van der Waals surface area contributed by atoms with E-state index in [1.807, 2.05) is 0 Å². The third-order valence-electron chi connectivity index (χ3n) is 8.80. The molecule has 2 fully saturated rings. The zero-order chi connectivity index (χ0) is 21.9. The van der Waals surface area contributed by atoms with Crippen LogP contribution in [0.5, 0.6) is 0 Å². The van der Waals surface area contributed by atoms with Crippen LogP contribution in [0.25, 0.3) is 0 Å². The van der Waals surface area contributed by atoms with Gasteiger partial charge in [0.25, 0.3) is 0 Å². The van der Waals surface area contributed by atoms with Gasteiger partial charge in [-0.15, -0.1) is 0 Å². The molecular weight excluding hydrogens is 372 g/mol. The zero-order valence-electron chi connectivity index (χ0n) is 20.8. The Labute approximate surface area is 194 Å². The normalized spacial score (nSPS) is 26.6. The molecule has 3 rings (SSSR count). The third kappa shape index (κ3) is 8.43. The smallest absolute Gasteiger partial charge is 0.0242 e. The summed E-state index contributed by atoms with van der Waals surface area (Å²) in [4.78, 5) is 0.